The molecule has 3 rings (SSSR count). The third-order valence-corrected chi connectivity index (χ3v) is 4.60. The van der Waals surface area contributed by atoms with Crippen molar-refractivity contribution < 1.29 is 23.1 Å². The average Bonchev–Trinajstić information content (AvgIpc) is 3.07. The molecule has 0 fully saturated rings. The Balaban J connectivity index is 2.03. The molecule has 0 unspecified atom stereocenters. The van der Waals surface area contributed by atoms with Crippen molar-refractivity contribution in [1.82, 2.24) is 9.78 Å². The number of benzene rings is 1. The van der Waals surface area contributed by atoms with Crippen LogP contribution in [0.15, 0.2) is 30.6 Å². The Labute approximate surface area is 167 Å². The van der Waals surface area contributed by atoms with E-state index in [1.807, 2.05) is 6.92 Å². The quantitative estimate of drug-likeness (QED) is 0.772. The van der Waals surface area contributed by atoms with E-state index in [0.29, 0.717) is 22.5 Å². The summed E-state index contributed by atoms with van der Waals surface area (Å²) in [5, 5.41) is 3.96. The zero-order chi connectivity index (χ0) is 21.3. The summed E-state index contributed by atoms with van der Waals surface area (Å²) in [6, 6.07) is 5.06. The fraction of sp³-hybridized carbons (Fsp3) is 0.450. The molecule has 1 aliphatic rings. The van der Waals surface area contributed by atoms with Crippen molar-refractivity contribution in [2.24, 2.45) is 0 Å². The molecule has 156 valence electrons. The second kappa shape index (κ2) is 8.18. The molecule has 9 heteroatoms. The maximum atomic E-state index is 12.7. The molecule has 1 aromatic carbocycles. The van der Waals surface area contributed by atoms with Gasteiger partial charge >= 0.3 is 6.09 Å². The highest BCUT2D eigenvalue weighted by Gasteiger charge is 2.34. The number of hydrogen-bond acceptors (Lipinski definition) is 4. The van der Waals surface area contributed by atoms with E-state index in [1.165, 1.54) is 28.9 Å². The van der Waals surface area contributed by atoms with Crippen LogP contribution in [-0.2, 0) is 16.1 Å². The van der Waals surface area contributed by atoms with Crippen LogP contribution in [0.1, 0.15) is 27.7 Å². The van der Waals surface area contributed by atoms with Crippen LogP contribution in [0.4, 0.5) is 25.0 Å². The molecule has 2 amide bonds. The molecule has 1 aliphatic heterocycles. The Morgan fingerprint density at radius 3 is 2.59 bits per heavy atom. The maximum Gasteiger partial charge on any atom is 0.414 e. The second-order valence-corrected chi connectivity index (χ2v) is 7.33. The molecule has 2 aromatic rings. The van der Waals surface area contributed by atoms with Gasteiger partial charge in [-0.05, 0) is 38.5 Å². The van der Waals surface area contributed by atoms with E-state index >= 15 is 0 Å². The lowest BCUT2D eigenvalue weighted by Crippen LogP contribution is -2.51. The van der Waals surface area contributed by atoms with E-state index in [-0.39, 0.29) is 24.6 Å². The minimum Gasteiger partial charge on any atom is -0.446 e. The van der Waals surface area contributed by atoms with Gasteiger partial charge in [-0.15, -0.1) is 0 Å². The number of aromatic nitrogens is 2. The number of hydrogen-bond donors (Lipinski definition) is 0. The van der Waals surface area contributed by atoms with Crippen molar-refractivity contribution in [2.75, 3.05) is 16.3 Å². The van der Waals surface area contributed by atoms with Gasteiger partial charge < -0.3 is 9.64 Å². The van der Waals surface area contributed by atoms with Crippen LogP contribution in [0.5, 0.6) is 0 Å². The van der Waals surface area contributed by atoms with Crippen LogP contribution >= 0.6 is 0 Å². The number of alkyl halides is 2. The molecular weight excluding hydrogens is 382 g/mol. The first kappa shape index (κ1) is 20.8. The molecule has 7 nitrogen and oxygen atoms in total. The lowest BCUT2D eigenvalue weighted by Gasteiger charge is -2.40. The number of rotatable bonds is 4. The van der Waals surface area contributed by atoms with Gasteiger partial charge in [-0.25, -0.2) is 13.6 Å². The highest BCUT2D eigenvalue weighted by atomic mass is 19.3. The molecule has 0 saturated carbocycles. The van der Waals surface area contributed by atoms with E-state index in [9.17, 15) is 18.4 Å². The molecule has 1 atom stereocenters. The molecular formula is C20H24F2N4O3. The van der Waals surface area contributed by atoms with Crippen molar-refractivity contribution in [3.63, 3.8) is 0 Å². The number of nitrogens with zero attached hydrogens (tertiary/aromatic N) is 4. The molecule has 0 spiro atoms. The Morgan fingerprint density at radius 2 is 1.97 bits per heavy atom. The Morgan fingerprint density at radius 1 is 1.24 bits per heavy atom. The van der Waals surface area contributed by atoms with E-state index in [4.69, 9.17) is 4.74 Å². The van der Waals surface area contributed by atoms with Gasteiger partial charge in [0.25, 0.3) is 6.43 Å². The number of carbonyl (C=O) groups is 2. The summed E-state index contributed by atoms with van der Waals surface area (Å²) in [5.41, 5.74) is 2.46. The summed E-state index contributed by atoms with van der Waals surface area (Å²) in [7, 11) is 0. The fourth-order valence-electron chi connectivity index (χ4n) is 3.48. The Hall–Kier alpha value is -2.97. The summed E-state index contributed by atoms with van der Waals surface area (Å²) >= 11 is 0. The van der Waals surface area contributed by atoms with Gasteiger partial charge in [0.15, 0.2) is 0 Å². The number of amides is 2. The predicted octanol–water partition coefficient (Wildman–Crippen LogP) is 3.92. The zero-order valence-corrected chi connectivity index (χ0v) is 16.8. The van der Waals surface area contributed by atoms with Gasteiger partial charge in [0.05, 0.1) is 29.7 Å². The first-order valence-electron chi connectivity index (χ1n) is 9.40. The Kier molecular flexibility index (Phi) is 5.86. The van der Waals surface area contributed by atoms with Crippen LogP contribution in [0, 0.1) is 0 Å². The summed E-state index contributed by atoms with van der Waals surface area (Å²) < 4.78 is 31.7. The van der Waals surface area contributed by atoms with Crippen LogP contribution in [0.25, 0.3) is 11.1 Å². The number of carbonyl (C=O) groups excluding carboxylic acids is 2. The van der Waals surface area contributed by atoms with Crippen LogP contribution in [0.3, 0.4) is 0 Å². The third-order valence-electron chi connectivity index (χ3n) is 4.60. The minimum absolute atomic E-state index is 0.131. The van der Waals surface area contributed by atoms with Crippen LogP contribution in [0.2, 0.25) is 0 Å². The molecule has 2 heterocycles. The maximum absolute atomic E-state index is 12.7. The van der Waals surface area contributed by atoms with Crippen molar-refractivity contribution in [2.45, 2.75) is 52.8 Å². The largest absolute Gasteiger partial charge is 0.446 e. The van der Waals surface area contributed by atoms with Crippen LogP contribution < -0.4 is 9.80 Å². The molecule has 29 heavy (non-hydrogen) atoms. The second-order valence-electron chi connectivity index (χ2n) is 7.33. The van der Waals surface area contributed by atoms with Crippen molar-refractivity contribution in [1.29, 1.82) is 0 Å². The standard InChI is InChI=1S/C20H24F2N4O3/c1-12(2)29-20(28)25-9-13(3)26(14(4)27)17-6-5-15(7-18(17)25)16-8-23-24(10-16)11-19(21)22/h5-8,10,12-13,19H,9,11H2,1-4H3/t13-/m0/s1. The summed E-state index contributed by atoms with van der Waals surface area (Å²) in [5.74, 6) is -0.131. The lowest BCUT2D eigenvalue weighted by molar-refractivity contribution is -0.117. The van der Waals surface area contributed by atoms with Crippen molar-refractivity contribution in [3.05, 3.63) is 30.6 Å². The summed E-state index contributed by atoms with van der Waals surface area (Å²) in [6.45, 7) is 6.66. The van der Waals surface area contributed by atoms with Gasteiger partial charge in [0.2, 0.25) is 5.91 Å². The van der Waals surface area contributed by atoms with E-state index < -0.39 is 19.1 Å². The first-order valence-corrected chi connectivity index (χ1v) is 9.40. The van der Waals surface area contributed by atoms with Gasteiger partial charge in [0.1, 0.15) is 6.54 Å². The van der Waals surface area contributed by atoms with Crippen molar-refractivity contribution >= 4 is 23.4 Å². The third kappa shape index (κ3) is 4.38. The molecule has 0 N–H and O–H groups in total. The normalized spacial score (nSPS) is 16.3. The molecule has 0 aliphatic carbocycles. The summed E-state index contributed by atoms with van der Waals surface area (Å²) in [6.07, 6.45) is -0.267. The SMILES string of the molecule is CC(=O)N1c2ccc(-c3cnn(CC(F)F)c3)cc2N(C(=O)OC(C)C)C[C@@H]1C. The number of halogens is 2. The highest BCUT2D eigenvalue weighted by Crippen LogP contribution is 2.39. The van der Waals surface area contributed by atoms with Gasteiger partial charge in [-0.1, -0.05) is 6.07 Å². The topological polar surface area (TPSA) is 67.7 Å². The number of fused-ring (bicyclic) bond motifs is 1. The van der Waals surface area contributed by atoms with Crippen molar-refractivity contribution in [3.8, 4) is 11.1 Å². The molecule has 0 saturated heterocycles. The Bertz CT molecular complexity index is 913. The average molecular weight is 406 g/mol. The fourth-order valence-corrected chi connectivity index (χ4v) is 3.48. The monoisotopic (exact) mass is 406 g/mol. The summed E-state index contributed by atoms with van der Waals surface area (Å²) in [4.78, 5) is 28.0. The van der Waals surface area contributed by atoms with E-state index in [2.05, 4.69) is 5.10 Å². The molecule has 0 bridgehead atoms. The first-order chi connectivity index (χ1) is 13.7. The number of anilines is 2. The van der Waals surface area contributed by atoms with Gasteiger partial charge in [-0.2, -0.15) is 5.10 Å². The molecule has 1 aromatic heterocycles. The minimum atomic E-state index is -2.50. The smallest absolute Gasteiger partial charge is 0.414 e. The molecule has 0 radical (unpaired) electrons. The lowest BCUT2D eigenvalue weighted by atomic mass is 10.0. The van der Waals surface area contributed by atoms with Crippen LogP contribution in [-0.4, -0.2) is 46.9 Å². The number of ether oxygens (including phenoxy) is 1. The van der Waals surface area contributed by atoms with Gasteiger partial charge in [-0.3, -0.25) is 14.4 Å². The zero-order valence-electron chi connectivity index (χ0n) is 16.8. The predicted molar refractivity (Wildman–Crippen MR) is 105 cm³/mol. The van der Waals surface area contributed by atoms with Gasteiger partial charge in [0, 0.05) is 25.2 Å². The van der Waals surface area contributed by atoms with E-state index in [1.54, 1.807) is 36.9 Å². The van der Waals surface area contributed by atoms with E-state index in [0.717, 1.165) is 0 Å². The highest BCUT2D eigenvalue weighted by molar-refractivity contribution is 6.03.